The van der Waals surface area contributed by atoms with Crippen molar-refractivity contribution in [2.75, 3.05) is 23.7 Å². The molecule has 1 aromatic heterocycles. The molecule has 11 heteroatoms. The number of hydrogen-bond donors (Lipinski definition) is 5. The lowest BCUT2D eigenvalue weighted by Crippen LogP contribution is -2.41. The lowest BCUT2D eigenvalue weighted by molar-refractivity contribution is 0.235. The van der Waals surface area contributed by atoms with Crippen LogP contribution in [0.1, 0.15) is 17.2 Å². The number of fused-ring (bicyclic) bond motifs is 2. The lowest BCUT2D eigenvalue weighted by atomic mass is 10.0. The highest BCUT2D eigenvalue weighted by Gasteiger charge is 2.56. The molecule has 5 N–H and O–H groups in total. The smallest absolute Gasteiger partial charge is 0.141 e. The van der Waals surface area contributed by atoms with Crippen molar-refractivity contribution in [2.45, 2.75) is 12.1 Å². The Labute approximate surface area is 246 Å². The summed E-state index contributed by atoms with van der Waals surface area (Å²) in [6.07, 6.45) is 3.61. The summed E-state index contributed by atoms with van der Waals surface area (Å²) in [6, 6.07) is 20.6. The Morgan fingerprint density at radius 1 is 1.02 bits per heavy atom. The number of nitriles is 1. The Kier molecular flexibility index (Phi) is 6.56. The molecule has 1 aliphatic carbocycles. The molecule has 3 heterocycles. The summed E-state index contributed by atoms with van der Waals surface area (Å²) in [5, 5.41) is 23.4. The monoisotopic (exact) mass is 586 g/mol. The average Bonchev–Trinajstić information content (AvgIpc) is 3.31. The van der Waals surface area contributed by atoms with E-state index in [-0.39, 0.29) is 11.1 Å². The molecule has 4 atom stereocenters. The number of benzene rings is 3. The van der Waals surface area contributed by atoms with Crippen LogP contribution in [-0.4, -0.2) is 29.1 Å². The van der Waals surface area contributed by atoms with Crippen molar-refractivity contribution in [1.29, 1.82) is 5.26 Å². The maximum absolute atomic E-state index is 13.8. The fourth-order valence-electron chi connectivity index (χ4n) is 5.88. The standard InChI is InChI=1S/C30H25Cl2FN8/c31-23-9-18(6-7-25(23)33)37-27-17(11-34)12-36-29-20(27)8-19(10-24(29)32)38-28(16-4-2-1-3-5-16)26-15-41(40-39-26)30-21-13-35-14-22(21)30/h1-10,12,15,21-22,28,30,35,38-40H,13-14H2,(H,36,37)/t21-,22+,28-,30+/m0/s1. The van der Waals surface area contributed by atoms with Crippen molar-refractivity contribution in [3.8, 4) is 6.07 Å². The molecule has 0 spiro atoms. The van der Waals surface area contributed by atoms with Gasteiger partial charge in [0.05, 0.1) is 44.6 Å². The fraction of sp³-hybridized carbons (Fsp3) is 0.200. The predicted molar refractivity (Wildman–Crippen MR) is 159 cm³/mol. The highest BCUT2D eigenvalue weighted by atomic mass is 35.5. The van der Waals surface area contributed by atoms with Crippen molar-refractivity contribution in [3.05, 3.63) is 106 Å². The Balaban J connectivity index is 1.26. The third-order valence-electron chi connectivity index (χ3n) is 7.96. The van der Waals surface area contributed by atoms with Crippen LogP contribution in [0.5, 0.6) is 0 Å². The molecule has 206 valence electrons. The van der Waals surface area contributed by atoms with Gasteiger partial charge in [-0.3, -0.25) is 9.99 Å². The zero-order chi connectivity index (χ0) is 28.1. The first kappa shape index (κ1) is 25.9. The Bertz CT molecular complexity index is 1710. The molecule has 0 radical (unpaired) electrons. The second-order valence-corrected chi connectivity index (χ2v) is 11.3. The van der Waals surface area contributed by atoms with Crippen LogP contribution in [-0.2, 0) is 0 Å². The van der Waals surface area contributed by atoms with Crippen molar-refractivity contribution >= 4 is 51.2 Å². The van der Waals surface area contributed by atoms with E-state index in [1.54, 1.807) is 6.07 Å². The third kappa shape index (κ3) is 4.79. The molecule has 8 nitrogen and oxygen atoms in total. The first-order valence-electron chi connectivity index (χ1n) is 13.3. The molecule has 1 saturated heterocycles. The largest absolute Gasteiger partial charge is 0.373 e. The van der Waals surface area contributed by atoms with Crippen LogP contribution >= 0.6 is 23.2 Å². The summed E-state index contributed by atoms with van der Waals surface area (Å²) >= 11 is 12.8. The first-order valence-corrected chi connectivity index (χ1v) is 14.0. The number of hydrogen-bond acceptors (Lipinski definition) is 8. The van der Waals surface area contributed by atoms with Gasteiger partial charge in [0.25, 0.3) is 0 Å². The van der Waals surface area contributed by atoms with Crippen LogP contribution in [0.25, 0.3) is 10.9 Å². The molecular formula is C30H25Cl2FN8. The highest BCUT2D eigenvalue weighted by molar-refractivity contribution is 6.36. The van der Waals surface area contributed by atoms with Gasteiger partial charge in [-0.1, -0.05) is 53.5 Å². The molecule has 7 rings (SSSR count). The number of piperidine rings is 1. The van der Waals surface area contributed by atoms with E-state index in [9.17, 15) is 9.65 Å². The van der Waals surface area contributed by atoms with Crippen LogP contribution in [0, 0.1) is 29.0 Å². The molecule has 2 aliphatic heterocycles. The second-order valence-electron chi connectivity index (χ2n) is 10.5. The van der Waals surface area contributed by atoms with E-state index in [0.29, 0.717) is 50.7 Å². The fourth-order valence-corrected chi connectivity index (χ4v) is 6.33. The number of pyridine rings is 1. The topological polar surface area (TPSA) is 100 Å². The van der Waals surface area contributed by atoms with Crippen LogP contribution in [0.15, 0.2) is 78.8 Å². The molecule has 41 heavy (non-hydrogen) atoms. The quantitative estimate of drug-likeness (QED) is 0.184. The molecule has 3 aliphatic rings. The minimum Gasteiger partial charge on any atom is -0.373 e. The van der Waals surface area contributed by atoms with E-state index in [1.165, 1.54) is 18.3 Å². The average molecular weight is 587 g/mol. The maximum Gasteiger partial charge on any atom is 0.141 e. The van der Waals surface area contributed by atoms with Gasteiger partial charge in [0.1, 0.15) is 11.9 Å². The number of nitrogens with one attached hydrogen (secondary N) is 5. The molecule has 0 bridgehead atoms. The van der Waals surface area contributed by atoms with Crippen LogP contribution in [0.2, 0.25) is 10.0 Å². The Morgan fingerprint density at radius 2 is 1.80 bits per heavy atom. The summed E-state index contributed by atoms with van der Waals surface area (Å²) < 4.78 is 13.8. The van der Waals surface area contributed by atoms with Gasteiger partial charge in [0.2, 0.25) is 0 Å². The first-order chi connectivity index (χ1) is 20.0. The van der Waals surface area contributed by atoms with Gasteiger partial charge in [-0.25, -0.2) is 4.39 Å². The predicted octanol–water partition coefficient (Wildman–Crippen LogP) is 5.83. The van der Waals surface area contributed by atoms with Gasteiger partial charge in [-0.15, -0.1) is 5.53 Å². The minimum atomic E-state index is -0.525. The van der Waals surface area contributed by atoms with E-state index in [4.69, 9.17) is 23.2 Å². The summed E-state index contributed by atoms with van der Waals surface area (Å²) in [4.78, 5) is 4.45. The molecule has 0 amide bonds. The summed E-state index contributed by atoms with van der Waals surface area (Å²) in [5.41, 5.74) is 11.4. The summed E-state index contributed by atoms with van der Waals surface area (Å²) in [5.74, 6) is 0.792. The highest BCUT2D eigenvalue weighted by Crippen LogP contribution is 2.46. The molecular weight excluding hydrogens is 562 g/mol. The van der Waals surface area contributed by atoms with Gasteiger partial charge in [-0.05, 0) is 47.7 Å². The van der Waals surface area contributed by atoms with E-state index in [2.05, 4.69) is 61.3 Å². The normalized spacial score (nSPS) is 21.6. The Morgan fingerprint density at radius 3 is 2.56 bits per heavy atom. The van der Waals surface area contributed by atoms with Crippen molar-refractivity contribution in [1.82, 2.24) is 26.3 Å². The van der Waals surface area contributed by atoms with Gasteiger partial charge >= 0.3 is 0 Å². The number of halogens is 3. The Hall–Kier alpha value is -4.07. The van der Waals surface area contributed by atoms with Gasteiger partial charge in [0.15, 0.2) is 0 Å². The number of aromatic nitrogens is 1. The summed E-state index contributed by atoms with van der Waals surface area (Å²) in [7, 11) is 0. The molecule has 2 fully saturated rings. The number of nitrogens with zero attached hydrogens (tertiary/aromatic N) is 3. The summed E-state index contributed by atoms with van der Waals surface area (Å²) in [6.45, 7) is 2.09. The number of anilines is 3. The van der Waals surface area contributed by atoms with Gasteiger partial charge in [0, 0.05) is 42.2 Å². The zero-order valence-corrected chi connectivity index (χ0v) is 23.1. The van der Waals surface area contributed by atoms with Crippen molar-refractivity contribution < 1.29 is 4.39 Å². The van der Waals surface area contributed by atoms with E-state index < -0.39 is 5.82 Å². The lowest BCUT2D eigenvalue weighted by Gasteiger charge is -2.22. The molecule has 3 aromatic carbocycles. The maximum atomic E-state index is 13.8. The zero-order valence-electron chi connectivity index (χ0n) is 21.6. The molecule has 0 unspecified atom stereocenters. The van der Waals surface area contributed by atoms with Crippen molar-refractivity contribution in [3.63, 3.8) is 0 Å². The van der Waals surface area contributed by atoms with Crippen LogP contribution in [0.4, 0.5) is 21.5 Å². The number of hydrazine groups is 2. The van der Waals surface area contributed by atoms with E-state index in [1.807, 2.05) is 30.3 Å². The number of rotatable bonds is 7. The third-order valence-corrected chi connectivity index (χ3v) is 8.54. The van der Waals surface area contributed by atoms with Crippen molar-refractivity contribution in [2.24, 2.45) is 11.8 Å². The van der Waals surface area contributed by atoms with Crippen LogP contribution in [0.3, 0.4) is 0 Å². The molecule has 1 saturated carbocycles. The SMILES string of the molecule is N#Cc1cnc2c(Cl)cc(N[C@H](C3=CN([C@H]4[C@@H]5CNC[C@@H]54)NN3)c3ccccc3)cc2c1Nc1ccc(F)c(Cl)c1. The van der Waals surface area contributed by atoms with E-state index in [0.717, 1.165) is 30.0 Å². The molecule has 4 aromatic rings. The van der Waals surface area contributed by atoms with Gasteiger partial charge in [-0.2, -0.15) is 5.26 Å². The minimum absolute atomic E-state index is 0.0240. The van der Waals surface area contributed by atoms with E-state index >= 15 is 0 Å². The second kappa shape index (κ2) is 10.4. The van der Waals surface area contributed by atoms with Gasteiger partial charge < -0.3 is 21.4 Å². The van der Waals surface area contributed by atoms with Crippen LogP contribution < -0.4 is 26.9 Å².